The molecule has 0 fully saturated rings. The van der Waals surface area contributed by atoms with E-state index in [1.807, 2.05) is 0 Å². The van der Waals surface area contributed by atoms with Crippen molar-refractivity contribution in [3.05, 3.63) is 34.0 Å². The number of anilines is 1. The van der Waals surface area contributed by atoms with Crippen LogP contribution in [0.5, 0.6) is 0 Å². The second kappa shape index (κ2) is 4.82. The van der Waals surface area contributed by atoms with Gasteiger partial charge in [-0.3, -0.25) is 15.6 Å². The Balaban J connectivity index is 1.76. The van der Waals surface area contributed by atoms with Gasteiger partial charge in [-0.2, -0.15) is 0 Å². The van der Waals surface area contributed by atoms with Crippen LogP contribution in [0.4, 0.5) is 5.82 Å². The van der Waals surface area contributed by atoms with Crippen LogP contribution in [-0.4, -0.2) is 25.8 Å². The third-order valence-corrected chi connectivity index (χ3v) is 3.54. The van der Waals surface area contributed by atoms with Crippen LogP contribution in [0, 0.1) is 0 Å². The lowest BCUT2D eigenvalue weighted by atomic mass is 10.4. The lowest BCUT2D eigenvalue weighted by molar-refractivity contribution is 0.0966. The number of rotatable bonds is 3. The highest BCUT2D eigenvalue weighted by atomic mass is 35.5. The van der Waals surface area contributed by atoms with Gasteiger partial charge in [-0.1, -0.05) is 11.6 Å². The average molecular weight is 295 g/mol. The molecule has 1 amide bonds. The fraction of sp³-hybridized carbons (Fsp3) is 0. The standard InChI is InChI=1S/C10H7ClN6OS/c11-6-2-1-5(19-6)10(18)17-16-9-7-8(13-3-12-7)14-4-15-9/h1-4H,(H,17,18)(H2,12,13,14,15,16). The summed E-state index contributed by atoms with van der Waals surface area (Å²) in [5, 5.41) is 0. The molecule has 0 aromatic carbocycles. The molecule has 3 aromatic heterocycles. The number of hydrogen-bond donors (Lipinski definition) is 3. The van der Waals surface area contributed by atoms with E-state index in [4.69, 9.17) is 11.6 Å². The number of H-pyrrole nitrogens is 1. The van der Waals surface area contributed by atoms with E-state index < -0.39 is 0 Å². The normalized spacial score (nSPS) is 10.6. The van der Waals surface area contributed by atoms with E-state index in [-0.39, 0.29) is 5.91 Å². The maximum absolute atomic E-state index is 11.8. The monoisotopic (exact) mass is 294 g/mol. The number of aromatic amines is 1. The van der Waals surface area contributed by atoms with E-state index in [2.05, 4.69) is 30.8 Å². The fourth-order valence-corrected chi connectivity index (χ4v) is 2.41. The lowest BCUT2D eigenvalue weighted by Gasteiger charge is -2.06. The second-order valence-corrected chi connectivity index (χ2v) is 5.22. The van der Waals surface area contributed by atoms with E-state index in [1.165, 1.54) is 24.0 Å². The zero-order valence-electron chi connectivity index (χ0n) is 9.35. The number of carbonyl (C=O) groups is 1. The van der Waals surface area contributed by atoms with Crippen LogP contribution in [0.1, 0.15) is 9.67 Å². The van der Waals surface area contributed by atoms with Gasteiger partial charge >= 0.3 is 0 Å². The number of amides is 1. The Hall–Kier alpha value is -2.19. The average Bonchev–Trinajstić information content (AvgIpc) is 3.04. The molecule has 9 heteroatoms. The molecule has 19 heavy (non-hydrogen) atoms. The number of aromatic nitrogens is 4. The first-order chi connectivity index (χ1) is 9.24. The van der Waals surface area contributed by atoms with Crippen LogP contribution in [0.25, 0.3) is 11.2 Å². The van der Waals surface area contributed by atoms with Gasteiger partial charge in [0.15, 0.2) is 11.5 Å². The number of fused-ring (bicyclic) bond motifs is 1. The maximum atomic E-state index is 11.8. The summed E-state index contributed by atoms with van der Waals surface area (Å²) in [6.45, 7) is 0. The number of nitrogens with zero attached hydrogens (tertiary/aromatic N) is 3. The SMILES string of the molecule is O=C(NNc1ncnc2nc[nH]c12)c1ccc(Cl)s1. The summed E-state index contributed by atoms with van der Waals surface area (Å²) in [6.07, 6.45) is 2.87. The third kappa shape index (κ3) is 2.35. The van der Waals surface area contributed by atoms with Crippen molar-refractivity contribution in [1.82, 2.24) is 25.4 Å². The first kappa shape index (κ1) is 11.9. The molecule has 0 bridgehead atoms. The number of thiophene rings is 1. The van der Waals surface area contributed by atoms with E-state index >= 15 is 0 Å². The topological polar surface area (TPSA) is 95.6 Å². The van der Waals surface area contributed by atoms with Gasteiger partial charge in [0.2, 0.25) is 0 Å². The van der Waals surface area contributed by atoms with Gasteiger partial charge in [-0.25, -0.2) is 15.0 Å². The number of nitrogens with one attached hydrogen (secondary N) is 3. The number of hydrazine groups is 1. The number of carbonyl (C=O) groups excluding carboxylic acids is 1. The van der Waals surface area contributed by atoms with Crippen molar-refractivity contribution in [1.29, 1.82) is 0 Å². The molecule has 0 aliphatic rings. The van der Waals surface area contributed by atoms with Crippen molar-refractivity contribution in [2.45, 2.75) is 0 Å². The van der Waals surface area contributed by atoms with Crippen molar-refractivity contribution >= 4 is 45.8 Å². The van der Waals surface area contributed by atoms with Crippen LogP contribution in [0.15, 0.2) is 24.8 Å². The minimum Gasteiger partial charge on any atom is -0.340 e. The van der Waals surface area contributed by atoms with Crippen LogP contribution in [0.3, 0.4) is 0 Å². The number of halogens is 1. The molecule has 0 spiro atoms. The first-order valence-corrected chi connectivity index (χ1v) is 6.39. The summed E-state index contributed by atoms with van der Waals surface area (Å²) in [6, 6.07) is 3.31. The predicted octanol–water partition coefficient (Wildman–Crippen LogP) is 1.82. The van der Waals surface area contributed by atoms with Crippen molar-refractivity contribution in [2.75, 3.05) is 5.43 Å². The summed E-state index contributed by atoms with van der Waals surface area (Å²) in [4.78, 5) is 27.2. The van der Waals surface area contributed by atoms with E-state index in [0.717, 1.165) is 0 Å². The molecule has 0 atom stereocenters. The van der Waals surface area contributed by atoms with Crippen molar-refractivity contribution in [2.24, 2.45) is 0 Å². The van der Waals surface area contributed by atoms with Crippen molar-refractivity contribution in [3.8, 4) is 0 Å². The Morgan fingerprint density at radius 3 is 3.00 bits per heavy atom. The molecule has 0 saturated carbocycles. The highest BCUT2D eigenvalue weighted by Gasteiger charge is 2.10. The van der Waals surface area contributed by atoms with Crippen LogP contribution >= 0.6 is 22.9 Å². The molecule has 3 N–H and O–H groups in total. The Kier molecular flexibility index (Phi) is 3.02. The Morgan fingerprint density at radius 1 is 1.32 bits per heavy atom. The zero-order chi connectivity index (χ0) is 13.2. The largest absolute Gasteiger partial charge is 0.340 e. The Bertz CT molecular complexity index is 738. The fourth-order valence-electron chi connectivity index (χ4n) is 1.47. The van der Waals surface area contributed by atoms with Crippen LogP contribution in [-0.2, 0) is 0 Å². The highest BCUT2D eigenvalue weighted by molar-refractivity contribution is 7.18. The minimum atomic E-state index is -0.289. The van der Waals surface area contributed by atoms with Gasteiger partial charge < -0.3 is 4.98 Å². The zero-order valence-corrected chi connectivity index (χ0v) is 10.9. The summed E-state index contributed by atoms with van der Waals surface area (Å²) < 4.78 is 0.558. The molecule has 0 radical (unpaired) electrons. The molecular formula is C10H7ClN6OS. The molecule has 3 heterocycles. The summed E-state index contributed by atoms with van der Waals surface area (Å²) in [7, 11) is 0. The van der Waals surface area contributed by atoms with Crippen molar-refractivity contribution < 1.29 is 4.79 Å². The Labute approximate surface area is 116 Å². The molecule has 96 valence electrons. The van der Waals surface area contributed by atoms with E-state index in [0.29, 0.717) is 26.2 Å². The van der Waals surface area contributed by atoms with E-state index in [9.17, 15) is 4.79 Å². The number of imidazole rings is 1. The van der Waals surface area contributed by atoms with Crippen LogP contribution in [0.2, 0.25) is 4.34 Å². The quantitative estimate of drug-likeness (QED) is 0.640. The van der Waals surface area contributed by atoms with Gasteiger partial charge in [0, 0.05) is 0 Å². The molecule has 7 nitrogen and oxygen atoms in total. The molecule has 0 aliphatic carbocycles. The molecule has 0 unspecified atom stereocenters. The smallest absolute Gasteiger partial charge is 0.279 e. The third-order valence-electron chi connectivity index (χ3n) is 2.31. The van der Waals surface area contributed by atoms with Gasteiger partial charge in [-0.05, 0) is 12.1 Å². The molecule has 3 aromatic rings. The molecule has 0 aliphatic heterocycles. The Morgan fingerprint density at radius 2 is 2.21 bits per heavy atom. The maximum Gasteiger partial charge on any atom is 0.279 e. The predicted molar refractivity (Wildman–Crippen MR) is 72.1 cm³/mol. The second-order valence-electron chi connectivity index (χ2n) is 3.51. The lowest BCUT2D eigenvalue weighted by Crippen LogP contribution is -2.29. The van der Waals surface area contributed by atoms with Gasteiger partial charge in [0.25, 0.3) is 5.91 Å². The van der Waals surface area contributed by atoms with Crippen LogP contribution < -0.4 is 10.9 Å². The molecule has 3 rings (SSSR count). The van der Waals surface area contributed by atoms with Crippen molar-refractivity contribution in [3.63, 3.8) is 0 Å². The van der Waals surface area contributed by atoms with Gasteiger partial charge in [-0.15, -0.1) is 11.3 Å². The molecular weight excluding hydrogens is 288 g/mol. The number of hydrogen-bond acceptors (Lipinski definition) is 6. The van der Waals surface area contributed by atoms with E-state index in [1.54, 1.807) is 12.1 Å². The summed E-state index contributed by atoms with van der Waals surface area (Å²) in [5.74, 6) is 0.154. The summed E-state index contributed by atoms with van der Waals surface area (Å²) >= 11 is 6.97. The first-order valence-electron chi connectivity index (χ1n) is 5.20. The van der Waals surface area contributed by atoms with Gasteiger partial charge in [0.1, 0.15) is 11.8 Å². The van der Waals surface area contributed by atoms with Gasteiger partial charge in [0.05, 0.1) is 15.5 Å². The summed E-state index contributed by atoms with van der Waals surface area (Å²) in [5.41, 5.74) is 6.40. The highest BCUT2D eigenvalue weighted by Crippen LogP contribution is 2.21. The molecule has 0 saturated heterocycles. The minimum absolute atomic E-state index is 0.289.